The summed E-state index contributed by atoms with van der Waals surface area (Å²) < 4.78 is 0. The molecule has 26 heavy (non-hydrogen) atoms. The maximum atomic E-state index is 12.5. The van der Waals surface area contributed by atoms with Gasteiger partial charge in [-0.2, -0.15) is 0 Å². The van der Waals surface area contributed by atoms with Gasteiger partial charge in [-0.15, -0.1) is 11.8 Å². The minimum Gasteiger partial charge on any atom is -0.326 e. The van der Waals surface area contributed by atoms with Crippen LogP contribution in [0.5, 0.6) is 0 Å². The zero-order chi connectivity index (χ0) is 19.1. The summed E-state index contributed by atoms with van der Waals surface area (Å²) in [6, 6.07) is 12.9. The third kappa shape index (κ3) is 6.07. The molecule has 0 radical (unpaired) electrons. The molecular formula is C20H23ClN2O2S. The SMILES string of the molecule is CCCC(=O)Nc1cccc(SC(C)C(=O)Nc2cc(Cl)ccc2C)c1. The average Bonchev–Trinajstić information content (AvgIpc) is 2.58. The Morgan fingerprint density at radius 1 is 1.15 bits per heavy atom. The van der Waals surface area contributed by atoms with E-state index >= 15 is 0 Å². The number of anilines is 2. The number of nitrogens with one attached hydrogen (secondary N) is 2. The number of hydrogen-bond donors (Lipinski definition) is 2. The van der Waals surface area contributed by atoms with Crippen LogP contribution in [-0.4, -0.2) is 17.1 Å². The summed E-state index contributed by atoms with van der Waals surface area (Å²) in [5.41, 5.74) is 2.42. The summed E-state index contributed by atoms with van der Waals surface area (Å²) in [5, 5.41) is 6.08. The molecule has 4 nitrogen and oxygen atoms in total. The Balaban J connectivity index is 2.00. The lowest BCUT2D eigenvalue weighted by atomic mass is 10.2. The second-order valence-corrected chi connectivity index (χ2v) is 7.89. The number of carbonyl (C=O) groups is 2. The number of hydrogen-bond acceptors (Lipinski definition) is 3. The van der Waals surface area contributed by atoms with Crippen LogP contribution in [-0.2, 0) is 9.59 Å². The van der Waals surface area contributed by atoms with Crippen molar-refractivity contribution in [1.29, 1.82) is 0 Å². The smallest absolute Gasteiger partial charge is 0.237 e. The van der Waals surface area contributed by atoms with Crippen molar-refractivity contribution in [2.24, 2.45) is 0 Å². The van der Waals surface area contributed by atoms with Crippen LogP contribution in [0.1, 0.15) is 32.3 Å². The zero-order valence-electron chi connectivity index (χ0n) is 15.1. The number of aryl methyl sites for hydroxylation is 1. The molecule has 0 aliphatic heterocycles. The van der Waals surface area contributed by atoms with Gasteiger partial charge in [0.1, 0.15) is 0 Å². The highest BCUT2D eigenvalue weighted by atomic mass is 35.5. The van der Waals surface area contributed by atoms with Crippen molar-refractivity contribution in [3.05, 3.63) is 53.1 Å². The Labute approximate surface area is 163 Å². The van der Waals surface area contributed by atoms with Crippen molar-refractivity contribution in [3.63, 3.8) is 0 Å². The lowest BCUT2D eigenvalue weighted by Crippen LogP contribution is -2.22. The molecule has 0 fully saturated rings. The summed E-state index contributed by atoms with van der Waals surface area (Å²) in [5.74, 6) is -0.0994. The molecule has 0 aromatic heterocycles. The van der Waals surface area contributed by atoms with Gasteiger partial charge in [-0.1, -0.05) is 30.7 Å². The summed E-state index contributed by atoms with van der Waals surface area (Å²) in [4.78, 5) is 25.1. The van der Waals surface area contributed by atoms with Gasteiger partial charge in [0.2, 0.25) is 11.8 Å². The van der Waals surface area contributed by atoms with Crippen molar-refractivity contribution >= 4 is 46.6 Å². The molecular weight excluding hydrogens is 368 g/mol. The lowest BCUT2D eigenvalue weighted by Gasteiger charge is -2.14. The van der Waals surface area contributed by atoms with E-state index in [2.05, 4.69) is 10.6 Å². The third-order valence-electron chi connectivity index (χ3n) is 3.73. The normalized spacial score (nSPS) is 11.7. The maximum Gasteiger partial charge on any atom is 0.237 e. The molecule has 138 valence electrons. The summed E-state index contributed by atoms with van der Waals surface area (Å²) in [6.07, 6.45) is 1.30. The minimum atomic E-state index is -0.296. The van der Waals surface area contributed by atoms with Gasteiger partial charge in [-0.25, -0.2) is 0 Å². The van der Waals surface area contributed by atoms with E-state index in [1.165, 1.54) is 11.8 Å². The van der Waals surface area contributed by atoms with Crippen LogP contribution < -0.4 is 10.6 Å². The van der Waals surface area contributed by atoms with E-state index in [0.717, 1.165) is 28.3 Å². The Bertz CT molecular complexity index is 795. The number of thioether (sulfide) groups is 1. The molecule has 0 spiro atoms. The average molecular weight is 391 g/mol. The molecule has 1 unspecified atom stereocenters. The Kier molecular flexibility index (Phi) is 7.54. The molecule has 1 atom stereocenters. The first-order chi connectivity index (χ1) is 12.4. The predicted molar refractivity (Wildman–Crippen MR) is 110 cm³/mol. The van der Waals surface area contributed by atoms with E-state index in [9.17, 15) is 9.59 Å². The number of halogens is 1. The summed E-state index contributed by atoms with van der Waals surface area (Å²) in [6.45, 7) is 5.74. The first kappa shape index (κ1) is 20.3. The van der Waals surface area contributed by atoms with Crippen molar-refractivity contribution in [3.8, 4) is 0 Å². The van der Waals surface area contributed by atoms with E-state index in [0.29, 0.717) is 11.4 Å². The highest BCUT2D eigenvalue weighted by molar-refractivity contribution is 8.00. The van der Waals surface area contributed by atoms with Crippen molar-refractivity contribution in [1.82, 2.24) is 0 Å². The third-order valence-corrected chi connectivity index (χ3v) is 5.06. The predicted octanol–water partition coefficient (Wildman–Crippen LogP) is 5.51. The van der Waals surface area contributed by atoms with Crippen LogP contribution in [0.2, 0.25) is 5.02 Å². The van der Waals surface area contributed by atoms with E-state index in [1.54, 1.807) is 12.1 Å². The molecule has 0 saturated carbocycles. The fraction of sp³-hybridized carbons (Fsp3) is 0.300. The Morgan fingerprint density at radius 2 is 1.92 bits per heavy atom. The van der Waals surface area contributed by atoms with Gasteiger partial charge < -0.3 is 10.6 Å². The fourth-order valence-electron chi connectivity index (χ4n) is 2.32. The monoisotopic (exact) mass is 390 g/mol. The van der Waals surface area contributed by atoms with E-state index in [-0.39, 0.29) is 17.1 Å². The summed E-state index contributed by atoms with van der Waals surface area (Å²) in [7, 11) is 0. The first-order valence-electron chi connectivity index (χ1n) is 8.52. The molecule has 2 aromatic carbocycles. The van der Waals surface area contributed by atoms with Gasteiger partial charge in [0.25, 0.3) is 0 Å². The van der Waals surface area contributed by atoms with Crippen LogP contribution in [0.4, 0.5) is 11.4 Å². The lowest BCUT2D eigenvalue weighted by molar-refractivity contribution is -0.116. The Hall–Kier alpha value is -1.98. The Morgan fingerprint density at radius 3 is 2.65 bits per heavy atom. The first-order valence-corrected chi connectivity index (χ1v) is 9.78. The molecule has 0 bridgehead atoms. The van der Waals surface area contributed by atoms with E-state index < -0.39 is 0 Å². The van der Waals surface area contributed by atoms with Crippen molar-refractivity contribution < 1.29 is 9.59 Å². The molecule has 2 rings (SSSR count). The highest BCUT2D eigenvalue weighted by Crippen LogP contribution is 2.27. The molecule has 2 amide bonds. The number of amides is 2. The van der Waals surface area contributed by atoms with Gasteiger partial charge in [0, 0.05) is 27.7 Å². The molecule has 0 saturated heterocycles. The second kappa shape index (κ2) is 9.64. The minimum absolute atomic E-state index is 0.00290. The van der Waals surface area contributed by atoms with Gasteiger partial charge >= 0.3 is 0 Å². The number of benzene rings is 2. The van der Waals surface area contributed by atoms with Crippen molar-refractivity contribution in [2.75, 3.05) is 10.6 Å². The van der Waals surface area contributed by atoms with Gasteiger partial charge in [0.05, 0.1) is 5.25 Å². The maximum absolute atomic E-state index is 12.5. The van der Waals surface area contributed by atoms with Gasteiger partial charge in [-0.05, 0) is 56.2 Å². The van der Waals surface area contributed by atoms with Crippen LogP contribution in [0, 0.1) is 6.92 Å². The molecule has 0 aliphatic carbocycles. The number of carbonyl (C=O) groups excluding carboxylic acids is 2. The topological polar surface area (TPSA) is 58.2 Å². The molecule has 0 aliphatic rings. The molecule has 2 aromatic rings. The quantitative estimate of drug-likeness (QED) is 0.613. The highest BCUT2D eigenvalue weighted by Gasteiger charge is 2.16. The van der Waals surface area contributed by atoms with Gasteiger partial charge in [0.15, 0.2) is 0 Å². The van der Waals surface area contributed by atoms with Crippen LogP contribution in [0.3, 0.4) is 0 Å². The molecule has 2 N–H and O–H groups in total. The van der Waals surface area contributed by atoms with E-state index in [1.807, 2.05) is 51.1 Å². The van der Waals surface area contributed by atoms with Crippen LogP contribution >= 0.6 is 23.4 Å². The van der Waals surface area contributed by atoms with Gasteiger partial charge in [-0.3, -0.25) is 9.59 Å². The number of rotatable bonds is 7. The van der Waals surface area contributed by atoms with E-state index in [4.69, 9.17) is 11.6 Å². The molecule has 0 heterocycles. The fourth-order valence-corrected chi connectivity index (χ4v) is 3.42. The van der Waals surface area contributed by atoms with Crippen molar-refractivity contribution in [2.45, 2.75) is 43.8 Å². The standard InChI is InChI=1S/C20H23ClN2O2S/c1-4-6-19(24)22-16-7-5-8-17(12-16)26-14(3)20(25)23-18-11-15(21)10-9-13(18)2/h5,7-12,14H,4,6H2,1-3H3,(H,22,24)(H,23,25). The molecule has 6 heteroatoms. The summed E-state index contributed by atoms with van der Waals surface area (Å²) >= 11 is 7.44. The second-order valence-electron chi connectivity index (χ2n) is 6.03. The largest absolute Gasteiger partial charge is 0.326 e. The van der Waals surface area contributed by atoms with Crippen LogP contribution in [0.25, 0.3) is 0 Å². The van der Waals surface area contributed by atoms with Crippen LogP contribution in [0.15, 0.2) is 47.4 Å². The zero-order valence-corrected chi connectivity index (χ0v) is 16.7.